The monoisotopic (exact) mass is 365 g/mol. The number of amides is 1. The van der Waals surface area contributed by atoms with Gasteiger partial charge in [0.1, 0.15) is 5.82 Å². The third-order valence-electron chi connectivity index (χ3n) is 5.57. The topological polar surface area (TPSA) is 52.6 Å². The van der Waals surface area contributed by atoms with E-state index in [1.807, 2.05) is 29.3 Å². The van der Waals surface area contributed by atoms with E-state index in [-0.39, 0.29) is 5.91 Å². The van der Waals surface area contributed by atoms with E-state index in [2.05, 4.69) is 32.8 Å². The second-order valence-corrected chi connectivity index (χ2v) is 7.43. The number of likely N-dealkylation sites (tertiary alicyclic amines) is 1. The Morgan fingerprint density at radius 2 is 1.78 bits per heavy atom. The molecule has 0 unspecified atom stereocenters. The van der Waals surface area contributed by atoms with Crippen LogP contribution >= 0.6 is 0 Å². The smallest absolute Gasteiger partial charge is 0.254 e. The highest BCUT2D eigenvalue weighted by atomic mass is 16.2. The molecular weight excluding hydrogens is 338 g/mol. The second-order valence-electron chi connectivity index (χ2n) is 7.43. The first-order chi connectivity index (χ1) is 13.2. The molecule has 1 amide bonds. The first kappa shape index (κ1) is 17.9. The summed E-state index contributed by atoms with van der Waals surface area (Å²) in [6, 6.07) is 7.90. The first-order valence-corrected chi connectivity index (χ1v) is 9.84. The van der Waals surface area contributed by atoms with Gasteiger partial charge < -0.3 is 9.80 Å². The van der Waals surface area contributed by atoms with Crippen LogP contribution < -0.4 is 4.90 Å². The zero-order chi connectivity index (χ0) is 18.6. The van der Waals surface area contributed by atoms with Crippen LogP contribution in [0.4, 0.5) is 5.82 Å². The standard InChI is InChI=1S/C21H27N5O/c1-17-5-4-7-22-19(17)16-24-11-13-25(14-12-24)20-15-18(6-8-23-20)21(27)26-9-2-3-10-26/h4-8,15H,2-3,9-14,16H2,1H3. The molecule has 0 saturated carbocycles. The lowest BCUT2D eigenvalue weighted by Gasteiger charge is -2.35. The average Bonchev–Trinajstić information content (AvgIpc) is 3.25. The maximum absolute atomic E-state index is 12.6. The van der Waals surface area contributed by atoms with Crippen molar-refractivity contribution in [1.29, 1.82) is 0 Å². The lowest BCUT2D eigenvalue weighted by Crippen LogP contribution is -2.46. The molecule has 0 radical (unpaired) electrons. The minimum atomic E-state index is 0.139. The predicted octanol–water partition coefficient (Wildman–Crippen LogP) is 2.34. The molecule has 2 aromatic heterocycles. The molecule has 142 valence electrons. The number of pyridine rings is 2. The number of hydrogen-bond donors (Lipinski definition) is 0. The number of carbonyl (C=O) groups excluding carboxylic acids is 1. The van der Waals surface area contributed by atoms with Gasteiger partial charge in [-0.2, -0.15) is 0 Å². The highest BCUT2D eigenvalue weighted by Crippen LogP contribution is 2.19. The highest BCUT2D eigenvalue weighted by molar-refractivity contribution is 5.95. The molecular formula is C21H27N5O. The fraction of sp³-hybridized carbons (Fsp3) is 0.476. The molecule has 2 aromatic rings. The van der Waals surface area contributed by atoms with Crippen molar-refractivity contribution >= 4 is 11.7 Å². The van der Waals surface area contributed by atoms with Gasteiger partial charge in [-0.1, -0.05) is 6.07 Å². The number of piperazine rings is 1. The van der Waals surface area contributed by atoms with E-state index in [1.165, 1.54) is 5.56 Å². The molecule has 2 fully saturated rings. The number of aryl methyl sites for hydroxylation is 1. The van der Waals surface area contributed by atoms with Gasteiger partial charge in [-0.25, -0.2) is 4.98 Å². The second kappa shape index (κ2) is 8.05. The Hall–Kier alpha value is -2.47. The minimum absolute atomic E-state index is 0.139. The number of rotatable bonds is 4. The summed E-state index contributed by atoms with van der Waals surface area (Å²) >= 11 is 0. The number of nitrogens with zero attached hydrogens (tertiary/aromatic N) is 5. The molecule has 27 heavy (non-hydrogen) atoms. The van der Waals surface area contributed by atoms with E-state index in [4.69, 9.17) is 0 Å². The van der Waals surface area contributed by atoms with Crippen molar-refractivity contribution in [2.24, 2.45) is 0 Å². The quantitative estimate of drug-likeness (QED) is 0.832. The van der Waals surface area contributed by atoms with Gasteiger partial charge in [0.15, 0.2) is 0 Å². The van der Waals surface area contributed by atoms with Crippen LogP contribution in [0.3, 0.4) is 0 Å². The summed E-state index contributed by atoms with van der Waals surface area (Å²) in [5, 5.41) is 0. The Balaban J connectivity index is 1.37. The lowest BCUT2D eigenvalue weighted by atomic mass is 10.2. The Bertz CT molecular complexity index is 795. The molecule has 0 bridgehead atoms. The number of carbonyl (C=O) groups is 1. The van der Waals surface area contributed by atoms with Crippen molar-refractivity contribution in [2.75, 3.05) is 44.2 Å². The molecule has 6 nitrogen and oxygen atoms in total. The van der Waals surface area contributed by atoms with E-state index in [0.717, 1.165) is 75.7 Å². The molecule has 4 rings (SSSR count). The average molecular weight is 365 g/mol. The van der Waals surface area contributed by atoms with Crippen LogP contribution in [0.1, 0.15) is 34.5 Å². The fourth-order valence-electron chi connectivity index (χ4n) is 3.86. The van der Waals surface area contributed by atoms with Crippen molar-refractivity contribution in [3.8, 4) is 0 Å². The SMILES string of the molecule is Cc1cccnc1CN1CCN(c2cc(C(=O)N3CCCC3)ccn2)CC1. The minimum Gasteiger partial charge on any atom is -0.354 e. The largest absolute Gasteiger partial charge is 0.354 e. The van der Waals surface area contributed by atoms with Gasteiger partial charge in [0.25, 0.3) is 5.91 Å². The first-order valence-electron chi connectivity index (χ1n) is 9.84. The normalized spacial score (nSPS) is 18.1. The van der Waals surface area contributed by atoms with E-state index < -0.39 is 0 Å². The highest BCUT2D eigenvalue weighted by Gasteiger charge is 2.22. The molecule has 0 aliphatic carbocycles. The molecule has 4 heterocycles. The van der Waals surface area contributed by atoms with Gasteiger partial charge in [0.05, 0.1) is 5.69 Å². The van der Waals surface area contributed by atoms with E-state index in [1.54, 1.807) is 6.20 Å². The molecule has 0 N–H and O–H groups in total. The Morgan fingerprint density at radius 1 is 1.00 bits per heavy atom. The van der Waals surface area contributed by atoms with Gasteiger partial charge in [0.2, 0.25) is 0 Å². The van der Waals surface area contributed by atoms with Gasteiger partial charge in [0, 0.05) is 63.8 Å². The molecule has 2 aliphatic heterocycles. The third kappa shape index (κ3) is 4.11. The van der Waals surface area contributed by atoms with Crippen LogP contribution in [-0.4, -0.2) is 64.9 Å². The predicted molar refractivity (Wildman–Crippen MR) is 106 cm³/mol. The van der Waals surface area contributed by atoms with Crippen molar-refractivity contribution in [1.82, 2.24) is 19.8 Å². The van der Waals surface area contributed by atoms with E-state index >= 15 is 0 Å². The fourth-order valence-corrected chi connectivity index (χ4v) is 3.86. The Labute approximate surface area is 160 Å². The summed E-state index contributed by atoms with van der Waals surface area (Å²) in [7, 11) is 0. The summed E-state index contributed by atoms with van der Waals surface area (Å²) < 4.78 is 0. The van der Waals surface area contributed by atoms with Crippen LogP contribution in [0.25, 0.3) is 0 Å². The zero-order valence-corrected chi connectivity index (χ0v) is 16.0. The number of anilines is 1. The van der Waals surface area contributed by atoms with Crippen LogP contribution in [0.5, 0.6) is 0 Å². The number of aromatic nitrogens is 2. The van der Waals surface area contributed by atoms with Crippen molar-refractivity contribution in [3.05, 3.63) is 53.5 Å². The Kier molecular flexibility index (Phi) is 5.34. The van der Waals surface area contributed by atoms with Crippen LogP contribution in [0, 0.1) is 6.92 Å². The van der Waals surface area contributed by atoms with Gasteiger partial charge in [-0.15, -0.1) is 0 Å². The van der Waals surface area contributed by atoms with Crippen molar-refractivity contribution < 1.29 is 4.79 Å². The van der Waals surface area contributed by atoms with E-state index in [0.29, 0.717) is 0 Å². The number of hydrogen-bond acceptors (Lipinski definition) is 5. The Morgan fingerprint density at radius 3 is 2.52 bits per heavy atom. The van der Waals surface area contributed by atoms with Crippen LogP contribution in [0.15, 0.2) is 36.7 Å². The zero-order valence-electron chi connectivity index (χ0n) is 16.0. The van der Waals surface area contributed by atoms with Crippen molar-refractivity contribution in [3.63, 3.8) is 0 Å². The molecule has 2 saturated heterocycles. The molecule has 2 aliphatic rings. The maximum Gasteiger partial charge on any atom is 0.254 e. The van der Waals surface area contributed by atoms with Gasteiger partial charge >= 0.3 is 0 Å². The molecule has 0 atom stereocenters. The maximum atomic E-state index is 12.6. The van der Waals surface area contributed by atoms with Crippen LogP contribution in [-0.2, 0) is 6.54 Å². The lowest BCUT2D eigenvalue weighted by molar-refractivity contribution is 0.0792. The summed E-state index contributed by atoms with van der Waals surface area (Å²) in [4.78, 5) is 28.3. The molecule has 6 heteroatoms. The molecule has 0 aromatic carbocycles. The summed E-state index contributed by atoms with van der Waals surface area (Å²) in [6.45, 7) is 8.54. The summed E-state index contributed by atoms with van der Waals surface area (Å²) in [5.41, 5.74) is 3.16. The van der Waals surface area contributed by atoms with Crippen molar-refractivity contribution in [2.45, 2.75) is 26.3 Å². The summed E-state index contributed by atoms with van der Waals surface area (Å²) in [6.07, 6.45) is 5.86. The molecule has 0 spiro atoms. The van der Waals surface area contributed by atoms with E-state index in [9.17, 15) is 4.79 Å². The summed E-state index contributed by atoms with van der Waals surface area (Å²) in [5.74, 6) is 1.05. The third-order valence-corrected chi connectivity index (χ3v) is 5.57. The van der Waals surface area contributed by atoms with Gasteiger partial charge in [-0.3, -0.25) is 14.7 Å². The van der Waals surface area contributed by atoms with Crippen LogP contribution in [0.2, 0.25) is 0 Å². The van der Waals surface area contributed by atoms with Gasteiger partial charge in [-0.05, 0) is 43.5 Å².